The van der Waals surface area contributed by atoms with Crippen molar-refractivity contribution in [1.29, 1.82) is 0 Å². The standard InChI is InChI=1S/C35H29N/c1-28-20-24-33(25-21-28)36(32-17-9-4-10-18-32)34-26-22-31(23-27-34)35(30-15-7-3-8-16-30)19-11-14-29-12-5-2-6-13-29/h2-27H,1H3. The largest absolute Gasteiger partial charge is 0.311 e. The molecule has 0 radical (unpaired) electrons. The van der Waals surface area contributed by atoms with Crippen LogP contribution in [0.2, 0.25) is 0 Å². The minimum atomic E-state index is 1.13. The molecule has 36 heavy (non-hydrogen) atoms. The molecule has 174 valence electrons. The molecule has 0 aliphatic heterocycles. The normalized spacial score (nSPS) is 11.5. The third-order valence-electron chi connectivity index (χ3n) is 6.18. The van der Waals surface area contributed by atoms with Crippen molar-refractivity contribution >= 4 is 28.7 Å². The molecule has 0 saturated heterocycles. The molecule has 1 heteroatoms. The molecule has 0 saturated carbocycles. The van der Waals surface area contributed by atoms with E-state index in [0.717, 1.165) is 17.1 Å². The van der Waals surface area contributed by atoms with E-state index >= 15 is 0 Å². The Morgan fingerprint density at radius 1 is 0.500 bits per heavy atom. The Balaban J connectivity index is 1.52. The summed E-state index contributed by atoms with van der Waals surface area (Å²) in [6.07, 6.45) is 6.48. The summed E-state index contributed by atoms with van der Waals surface area (Å²) in [5.41, 5.74) is 9.41. The number of anilines is 3. The van der Waals surface area contributed by atoms with Crippen LogP contribution in [-0.2, 0) is 0 Å². The van der Waals surface area contributed by atoms with Gasteiger partial charge in [-0.1, -0.05) is 127 Å². The number of hydrogen-bond acceptors (Lipinski definition) is 1. The number of hydrogen-bond donors (Lipinski definition) is 0. The van der Waals surface area contributed by atoms with E-state index in [4.69, 9.17) is 0 Å². The molecule has 0 spiro atoms. The van der Waals surface area contributed by atoms with Crippen molar-refractivity contribution in [2.45, 2.75) is 6.92 Å². The van der Waals surface area contributed by atoms with Crippen molar-refractivity contribution in [2.75, 3.05) is 4.90 Å². The van der Waals surface area contributed by atoms with Gasteiger partial charge in [-0.05, 0) is 65.6 Å². The molecule has 0 N–H and O–H groups in total. The third kappa shape index (κ3) is 5.54. The average Bonchev–Trinajstić information content (AvgIpc) is 2.95. The SMILES string of the molecule is Cc1ccc(N(c2ccccc2)c2ccc(C(=CC=Cc3ccccc3)c3ccccc3)cc2)cc1. The fourth-order valence-electron chi connectivity index (χ4n) is 4.30. The van der Waals surface area contributed by atoms with Crippen LogP contribution >= 0.6 is 0 Å². The van der Waals surface area contributed by atoms with Crippen LogP contribution in [0, 0.1) is 6.92 Å². The summed E-state index contributed by atoms with van der Waals surface area (Å²) in [6.45, 7) is 2.12. The van der Waals surface area contributed by atoms with E-state index in [9.17, 15) is 0 Å². The zero-order chi connectivity index (χ0) is 24.6. The number of para-hydroxylation sites is 1. The number of rotatable bonds is 7. The Hall–Kier alpha value is -4.62. The minimum Gasteiger partial charge on any atom is -0.311 e. The summed E-state index contributed by atoms with van der Waals surface area (Å²) in [5.74, 6) is 0. The number of aryl methyl sites for hydroxylation is 1. The smallest absolute Gasteiger partial charge is 0.0462 e. The fraction of sp³-hybridized carbons (Fsp3) is 0.0286. The molecule has 0 aliphatic carbocycles. The Morgan fingerprint density at radius 3 is 1.58 bits per heavy atom. The first kappa shape index (κ1) is 23.1. The first-order valence-electron chi connectivity index (χ1n) is 12.3. The molecule has 0 aliphatic rings. The lowest BCUT2D eigenvalue weighted by atomic mass is 9.97. The van der Waals surface area contributed by atoms with Crippen LogP contribution in [0.5, 0.6) is 0 Å². The summed E-state index contributed by atoms with van der Waals surface area (Å²) in [5, 5.41) is 0. The molecule has 0 unspecified atom stereocenters. The number of benzene rings is 5. The van der Waals surface area contributed by atoms with Gasteiger partial charge < -0.3 is 4.90 Å². The van der Waals surface area contributed by atoms with Crippen LogP contribution in [0.3, 0.4) is 0 Å². The molecule has 0 bridgehead atoms. The van der Waals surface area contributed by atoms with E-state index in [1.807, 2.05) is 6.07 Å². The predicted molar refractivity (Wildman–Crippen MR) is 155 cm³/mol. The van der Waals surface area contributed by atoms with Crippen molar-refractivity contribution in [3.8, 4) is 0 Å². The molecular formula is C35H29N. The molecule has 0 atom stereocenters. The van der Waals surface area contributed by atoms with Gasteiger partial charge in [0.25, 0.3) is 0 Å². The lowest BCUT2D eigenvalue weighted by Gasteiger charge is -2.26. The van der Waals surface area contributed by atoms with E-state index in [1.165, 1.54) is 27.8 Å². The molecule has 0 fully saturated rings. The summed E-state index contributed by atoms with van der Waals surface area (Å²) in [4.78, 5) is 2.30. The quantitative estimate of drug-likeness (QED) is 0.217. The Kier molecular flexibility index (Phi) is 7.20. The number of nitrogens with zero attached hydrogens (tertiary/aromatic N) is 1. The molecule has 0 heterocycles. The molecule has 0 aromatic heterocycles. The summed E-state index contributed by atoms with van der Waals surface area (Å²) in [6, 6.07) is 49.0. The lowest BCUT2D eigenvalue weighted by molar-refractivity contribution is 1.27. The summed E-state index contributed by atoms with van der Waals surface area (Å²) >= 11 is 0. The van der Waals surface area contributed by atoms with Gasteiger partial charge in [-0.3, -0.25) is 0 Å². The Bertz CT molecular complexity index is 1430. The van der Waals surface area contributed by atoms with Gasteiger partial charge in [0.1, 0.15) is 0 Å². The fourth-order valence-corrected chi connectivity index (χ4v) is 4.30. The molecule has 5 rings (SSSR count). The van der Waals surface area contributed by atoms with Crippen molar-refractivity contribution < 1.29 is 0 Å². The van der Waals surface area contributed by atoms with E-state index in [1.54, 1.807) is 0 Å². The van der Waals surface area contributed by atoms with E-state index in [-0.39, 0.29) is 0 Å². The second-order valence-electron chi connectivity index (χ2n) is 8.77. The van der Waals surface area contributed by atoms with E-state index in [2.05, 4.69) is 164 Å². The second-order valence-corrected chi connectivity index (χ2v) is 8.77. The Morgan fingerprint density at radius 2 is 0.972 bits per heavy atom. The van der Waals surface area contributed by atoms with Gasteiger partial charge in [-0.15, -0.1) is 0 Å². The van der Waals surface area contributed by atoms with Crippen molar-refractivity contribution in [3.05, 3.63) is 174 Å². The van der Waals surface area contributed by atoms with Crippen molar-refractivity contribution in [2.24, 2.45) is 0 Å². The topological polar surface area (TPSA) is 3.24 Å². The monoisotopic (exact) mass is 463 g/mol. The second kappa shape index (κ2) is 11.2. The van der Waals surface area contributed by atoms with Crippen LogP contribution in [0.4, 0.5) is 17.1 Å². The highest BCUT2D eigenvalue weighted by Crippen LogP contribution is 2.35. The van der Waals surface area contributed by atoms with Gasteiger partial charge in [0, 0.05) is 17.1 Å². The first-order valence-corrected chi connectivity index (χ1v) is 12.3. The highest BCUT2D eigenvalue weighted by atomic mass is 15.1. The predicted octanol–water partition coefficient (Wildman–Crippen LogP) is 9.61. The van der Waals surface area contributed by atoms with Crippen molar-refractivity contribution in [1.82, 2.24) is 0 Å². The zero-order valence-electron chi connectivity index (χ0n) is 20.5. The van der Waals surface area contributed by atoms with E-state index < -0.39 is 0 Å². The zero-order valence-corrected chi connectivity index (χ0v) is 20.5. The van der Waals surface area contributed by atoms with Gasteiger partial charge in [-0.2, -0.15) is 0 Å². The van der Waals surface area contributed by atoms with Gasteiger partial charge >= 0.3 is 0 Å². The van der Waals surface area contributed by atoms with Gasteiger partial charge in [0.2, 0.25) is 0 Å². The molecule has 0 amide bonds. The third-order valence-corrected chi connectivity index (χ3v) is 6.18. The van der Waals surface area contributed by atoms with Gasteiger partial charge in [0.05, 0.1) is 0 Å². The van der Waals surface area contributed by atoms with E-state index in [0.29, 0.717) is 0 Å². The Labute approximate surface area is 214 Å². The highest BCUT2D eigenvalue weighted by molar-refractivity contribution is 5.83. The summed E-state index contributed by atoms with van der Waals surface area (Å²) in [7, 11) is 0. The maximum Gasteiger partial charge on any atom is 0.0462 e. The lowest BCUT2D eigenvalue weighted by Crippen LogP contribution is -2.09. The summed E-state index contributed by atoms with van der Waals surface area (Å²) < 4.78 is 0. The highest BCUT2D eigenvalue weighted by Gasteiger charge is 2.13. The first-order chi connectivity index (χ1) is 17.8. The van der Waals surface area contributed by atoms with Gasteiger partial charge in [0.15, 0.2) is 0 Å². The molecular weight excluding hydrogens is 434 g/mol. The molecule has 5 aromatic rings. The number of allylic oxidation sites excluding steroid dienone is 2. The van der Waals surface area contributed by atoms with Crippen LogP contribution in [0.1, 0.15) is 22.3 Å². The van der Waals surface area contributed by atoms with Crippen LogP contribution < -0.4 is 4.90 Å². The van der Waals surface area contributed by atoms with Crippen molar-refractivity contribution in [3.63, 3.8) is 0 Å². The van der Waals surface area contributed by atoms with Gasteiger partial charge in [-0.25, -0.2) is 0 Å². The van der Waals surface area contributed by atoms with Crippen LogP contribution in [0.25, 0.3) is 11.6 Å². The average molecular weight is 464 g/mol. The molecule has 5 aromatic carbocycles. The molecule has 1 nitrogen and oxygen atoms in total. The maximum atomic E-state index is 2.30. The maximum absolute atomic E-state index is 2.30. The minimum absolute atomic E-state index is 1.13. The van der Waals surface area contributed by atoms with Crippen LogP contribution in [0.15, 0.2) is 152 Å². The van der Waals surface area contributed by atoms with Crippen LogP contribution in [-0.4, -0.2) is 0 Å².